The highest BCUT2D eigenvalue weighted by Crippen LogP contribution is 2.41. The molecule has 0 fully saturated rings. The second-order valence-electron chi connectivity index (χ2n) is 5.56. The van der Waals surface area contributed by atoms with E-state index in [0.717, 1.165) is 18.2 Å². The molecule has 0 atom stereocenters. The number of rotatable bonds is 7. The Morgan fingerprint density at radius 2 is 1.68 bits per heavy atom. The minimum Gasteiger partial charge on any atom is -0.506 e. The predicted molar refractivity (Wildman–Crippen MR) is 100 cm³/mol. The molecule has 0 amide bonds. The van der Waals surface area contributed by atoms with Gasteiger partial charge in [-0.25, -0.2) is 0 Å². The van der Waals surface area contributed by atoms with Crippen LogP contribution < -0.4 is 4.90 Å². The third-order valence-corrected chi connectivity index (χ3v) is 4.81. The van der Waals surface area contributed by atoms with E-state index in [1.807, 2.05) is 0 Å². The topological polar surface area (TPSA) is 166 Å². The smallest absolute Gasteiger partial charge is 0.300 e. The van der Waals surface area contributed by atoms with Crippen molar-refractivity contribution in [3.05, 3.63) is 40.4 Å². The number of azo groups is 1. The van der Waals surface area contributed by atoms with E-state index < -0.39 is 31.4 Å². The number of anilines is 1. The van der Waals surface area contributed by atoms with Crippen LogP contribution in [0.4, 0.5) is 22.7 Å². The molecule has 0 spiro atoms. The zero-order valence-electron chi connectivity index (χ0n) is 15.0. The number of hydrogen-bond acceptors (Lipinski definition) is 9. The number of nitrogens with zero attached hydrogens (tertiary/aromatic N) is 4. The maximum absolute atomic E-state index is 11.8. The lowest BCUT2D eigenvalue weighted by atomic mass is 10.2. The van der Waals surface area contributed by atoms with Crippen molar-refractivity contribution in [3.63, 3.8) is 0 Å². The highest BCUT2D eigenvalue weighted by atomic mass is 32.2. The normalized spacial score (nSPS) is 11.7. The molecule has 3 N–H and O–H groups in total. The number of phenolic OH excluding ortho intramolecular Hbond substituents is 2. The van der Waals surface area contributed by atoms with Crippen LogP contribution in [0, 0.1) is 10.1 Å². The summed E-state index contributed by atoms with van der Waals surface area (Å²) in [5.74, 6) is -1.23. The minimum absolute atomic E-state index is 0.0853. The largest absolute Gasteiger partial charge is 0.506 e. The van der Waals surface area contributed by atoms with E-state index in [1.165, 1.54) is 12.1 Å². The average Bonchev–Trinajstić information content (AvgIpc) is 2.62. The van der Waals surface area contributed by atoms with Gasteiger partial charge in [0.05, 0.1) is 10.6 Å². The van der Waals surface area contributed by atoms with Gasteiger partial charge in [0.2, 0.25) is 0 Å². The summed E-state index contributed by atoms with van der Waals surface area (Å²) < 4.78 is 33.1. The number of aromatic hydroxyl groups is 2. The van der Waals surface area contributed by atoms with Crippen molar-refractivity contribution in [1.29, 1.82) is 0 Å². The Balaban J connectivity index is 2.58. The number of phenols is 2. The van der Waals surface area contributed by atoms with E-state index in [9.17, 15) is 33.3 Å². The van der Waals surface area contributed by atoms with Crippen LogP contribution in [0.2, 0.25) is 0 Å². The summed E-state index contributed by atoms with van der Waals surface area (Å²) in [4.78, 5) is 11.0. The number of nitro benzene ring substituents is 1. The van der Waals surface area contributed by atoms with E-state index >= 15 is 0 Å². The Morgan fingerprint density at radius 1 is 1.07 bits per heavy atom. The van der Waals surface area contributed by atoms with Crippen LogP contribution in [-0.4, -0.2) is 41.2 Å². The summed E-state index contributed by atoms with van der Waals surface area (Å²) in [5, 5.41) is 38.2. The van der Waals surface area contributed by atoms with Crippen molar-refractivity contribution in [3.8, 4) is 11.5 Å². The quantitative estimate of drug-likeness (QED) is 0.270. The van der Waals surface area contributed by atoms with Crippen LogP contribution in [-0.2, 0) is 10.1 Å². The molecule has 28 heavy (non-hydrogen) atoms. The Hall–Kier alpha value is -3.25. The Labute approximate surface area is 160 Å². The van der Waals surface area contributed by atoms with Crippen LogP contribution in [0.3, 0.4) is 0 Å². The molecule has 2 rings (SSSR count). The molecule has 0 radical (unpaired) electrons. The van der Waals surface area contributed by atoms with Crippen molar-refractivity contribution in [2.45, 2.75) is 18.7 Å². The van der Waals surface area contributed by atoms with E-state index in [-0.39, 0.29) is 22.7 Å². The van der Waals surface area contributed by atoms with Gasteiger partial charge in [-0.15, -0.1) is 10.2 Å². The van der Waals surface area contributed by atoms with Crippen molar-refractivity contribution in [2.75, 3.05) is 18.0 Å². The van der Waals surface area contributed by atoms with E-state index in [1.54, 1.807) is 18.7 Å². The molecule has 0 aliphatic carbocycles. The Kier molecular flexibility index (Phi) is 6.16. The molecule has 11 nitrogen and oxygen atoms in total. The number of benzene rings is 2. The van der Waals surface area contributed by atoms with Gasteiger partial charge in [-0.05, 0) is 32.0 Å². The van der Waals surface area contributed by atoms with Crippen molar-refractivity contribution < 1.29 is 28.1 Å². The lowest BCUT2D eigenvalue weighted by Gasteiger charge is -2.23. The fraction of sp³-hybridized carbons (Fsp3) is 0.250. The molecule has 150 valence electrons. The van der Waals surface area contributed by atoms with E-state index in [2.05, 4.69) is 10.2 Å². The Bertz CT molecular complexity index is 1030. The summed E-state index contributed by atoms with van der Waals surface area (Å²) in [6.45, 7) is 4.38. The zero-order valence-corrected chi connectivity index (χ0v) is 15.8. The first-order valence-electron chi connectivity index (χ1n) is 8.07. The lowest BCUT2D eigenvalue weighted by molar-refractivity contribution is -0.384. The number of nitro groups is 1. The van der Waals surface area contributed by atoms with Crippen molar-refractivity contribution in [2.24, 2.45) is 10.2 Å². The molecule has 2 aromatic rings. The maximum atomic E-state index is 11.8. The minimum atomic E-state index is -4.79. The molecule has 0 bridgehead atoms. The number of hydrogen-bond donors (Lipinski definition) is 3. The summed E-state index contributed by atoms with van der Waals surface area (Å²) >= 11 is 0. The average molecular weight is 410 g/mol. The van der Waals surface area contributed by atoms with Gasteiger partial charge in [0, 0.05) is 25.2 Å². The van der Waals surface area contributed by atoms with Crippen LogP contribution >= 0.6 is 0 Å². The molecule has 12 heteroatoms. The fourth-order valence-corrected chi connectivity index (χ4v) is 3.32. The summed E-state index contributed by atoms with van der Waals surface area (Å²) in [7, 11) is -4.79. The second-order valence-corrected chi connectivity index (χ2v) is 6.92. The first-order valence-corrected chi connectivity index (χ1v) is 9.51. The molecule has 0 aliphatic rings. The van der Waals surface area contributed by atoms with Crippen LogP contribution in [0.1, 0.15) is 13.8 Å². The zero-order chi connectivity index (χ0) is 21.1. The van der Waals surface area contributed by atoms with Gasteiger partial charge in [0.1, 0.15) is 17.1 Å². The molecule has 0 heterocycles. The summed E-state index contributed by atoms with van der Waals surface area (Å²) in [5.41, 5.74) is -0.821. The van der Waals surface area contributed by atoms with Crippen molar-refractivity contribution >= 4 is 32.9 Å². The standard InChI is InChI=1S/C16H18N4O7S/c1-3-19(4-2)13-7-6-11(15(22)16(13)28(25,26)27)17-18-12-9-10(20(23)24)5-8-14(12)21/h5-9,21-22H,3-4H2,1-2H3,(H,25,26,27). The first kappa shape index (κ1) is 21.1. The fourth-order valence-electron chi connectivity index (χ4n) is 2.51. The number of non-ortho nitro benzene ring substituents is 1. The molecule has 0 unspecified atom stereocenters. The SMILES string of the molecule is CCN(CC)c1ccc(N=Nc2cc([N+](=O)[O-])ccc2O)c(O)c1S(=O)(=O)O. The maximum Gasteiger partial charge on any atom is 0.300 e. The third kappa shape index (κ3) is 4.35. The molecular weight excluding hydrogens is 392 g/mol. The van der Waals surface area contributed by atoms with Gasteiger partial charge in [-0.3, -0.25) is 14.7 Å². The summed E-state index contributed by atoms with van der Waals surface area (Å²) in [6, 6.07) is 5.71. The van der Waals surface area contributed by atoms with Crippen LogP contribution in [0.5, 0.6) is 11.5 Å². The molecule has 0 aromatic heterocycles. The van der Waals surface area contributed by atoms with Crippen LogP contribution in [0.15, 0.2) is 45.5 Å². The van der Waals surface area contributed by atoms with Crippen molar-refractivity contribution in [1.82, 2.24) is 0 Å². The third-order valence-electron chi connectivity index (χ3n) is 3.89. The van der Waals surface area contributed by atoms with E-state index in [0.29, 0.717) is 13.1 Å². The van der Waals surface area contributed by atoms with Gasteiger partial charge in [0.15, 0.2) is 10.6 Å². The summed E-state index contributed by atoms with van der Waals surface area (Å²) in [6.07, 6.45) is 0. The Morgan fingerprint density at radius 3 is 2.21 bits per heavy atom. The van der Waals surface area contributed by atoms with E-state index in [4.69, 9.17) is 0 Å². The lowest BCUT2D eigenvalue weighted by Crippen LogP contribution is -2.24. The predicted octanol–water partition coefficient (Wildman–Crippen LogP) is 3.51. The van der Waals surface area contributed by atoms with Gasteiger partial charge < -0.3 is 15.1 Å². The van der Waals surface area contributed by atoms with Gasteiger partial charge >= 0.3 is 0 Å². The van der Waals surface area contributed by atoms with Gasteiger partial charge in [0.25, 0.3) is 15.8 Å². The second kappa shape index (κ2) is 8.19. The molecule has 2 aromatic carbocycles. The first-order chi connectivity index (χ1) is 13.1. The monoisotopic (exact) mass is 410 g/mol. The molecule has 0 aliphatic heterocycles. The molecule has 0 saturated carbocycles. The molecular formula is C16H18N4O7S. The van der Waals surface area contributed by atoms with Gasteiger partial charge in [-0.2, -0.15) is 8.42 Å². The van der Waals surface area contributed by atoms with Gasteiger partial charge in [-0.1, -0.05) is 0 Å². The highest BCUT2D eigenvalue weighted by Gasteiger charge is 2.26. The highest BCUT2D eigenvalue weighted by molar-refractivity contribution is 7.86. The van der Waals surface area contributed by atoms with Crippen LogP contribution in [0.25, 0.3) is 0 Å². The molecule has 0 saturated heterocycles.